The second kappa shape index (κ2) is 7.57. The molecule has 24 heavy (non-hydrogen) atoms. The van der Waals surface area contributed by atoms with E-state index in [2.05, 4.69) is 10.4 Å². The number of carbonyl (C=O) groups is 1. The third-order valence-electron chi connectivity index (χ3n) is 4.31. The molecule has 7 heteroatoms. The van der Waals surface area contributed by atoms with Crippen LogP contribution in [0.5, 0.6) is 5.75 Å². The minimum atomic E-state index is -0.117. The van der Waals surface area contributed by atoms with Crippen LogP contribution in [0, 0.1) is 5.92 Å². The van der Waals surface area contributed by atoms with Crippen LogP contribution in [0.3, 0.4) is 0 Å². The van der Waals surface area contributed by atoms with Crippen LogP contribution in [0.2, 0.25) is 5.02 Å². The summed E-state index contributed by atoms with van der Waals surface area (Å²) < 4.78 is 7.22. The van der Waals surface area contributed by atoms with Crippen molar-refractivity contribution in [3.8, 4) is 5.75 Å². The first kappa shape index (κ1) is 16.6. The summed E-state index contributed by atoms with van der Waals surface area (Å²) in [5, 5.41) is 7.70. The fourth-order valence-corrected chi connectivity index (χ4v) is 3.14. The van der Waals surface area contributed by atoms with Crippen molar-refractivity contribution in [1.82, 2.24) is 14.7 Å². The first-order chi connectivity index (χ1) is 11.7. The number of benzene rings is 1. The van der Waals surface area contributed by atoms with Crippen molar-refractivity contribution in [3.05, 3.63) is 41.7 Å². The number of aromatic nitrogens is 2. The Morgan fingerprint density at radius 2 is 2.21 bits per heavy atom. The molecule has 1 saturated heterocycles. The highest BCUT2D eigenvalue weighted by atomic mass is 35.5. The summed E-state index contributed by atoms with van der Waals surface area (Å²) in [6.45, 7) is 2.38. The molecule has 128 valence electrons. The lowest BCUT2D eigenvalue weighted by atomic mass is 9.97. The maximum Gasteiger partial charge on any atom is 0.321 e. The van der Waals surface area contributed by atoms with Gasteiger partial charge in [-0.2, -0.15) is 5.10 Å². The van der Waals surface area contributed by atoms with Gasteiger partial charge >= 0.3 is 6.03 Å². The van der Waals surface area contributed by atoms with Crippen molar-refractivity contribution >= 4 is 23.3 Å². The van der Waals surface area contributed by atoms with E-state index in [0.717, 1.165) is 32.5 Å². The number of carbonyl (C=O) groups excluding carboxylic acids is 1. The van der Waals surface area contributed by atoms with Crippen LogP contribution in [-0.4, -0.2) is 40.9 Å². The zero-order valence-corrected chi connectivity index (χ0v) is 14.4. The summed E-state index contributed by atoms with van der Waals surface area (Å²) in [6, 6.07) is 6.99. The minimum Gasteiger partial charge on any atom is -0.495 e. The molecule has 2 heterocycles. The molecule has 0 spiro atoms. The number of hydrogen-bond acceptors (Lipinski definition) is 3. The quantitative estimate of drug-likeness (QED) is 0.920. The normalized spacial score (nSPS) is 15.3. The number of amides is 2. The first-order valence-electron chi connectivity index (χ1n) is 8.02. The zero-order valence-electron chi connectivity index (χ0n) is 13.6. The highest BCUT2D eigenvalue weighted by Gasteiger charge is 2.23. The summed E-state index contributed by atoms with van der Waals surface area (Å²) in [7, 11) is 1.57. The van der Waals surface area contributed by atoms with Gasteiger partial charge in [0.15, 0.2) is 0 Å². The number of methoxy groups -OCH3 is 1. The molecule has 1 aliphatic rings. The molecule has 3 rings (SSSR count). The van der Waals surface area contributed by atoms with E-state index in [0.29, 0.717) is 22.4 Å². The molecule has 2 amide bonds. The maximum atomic E-state index is 12.5. The number of hydrogen-bond donors (Lipinski definition) is 1. The van der Waals surface area contributed by atoms with Gasteiger partial charge in [0.25, 0.3) is 0 Å². The van der Waals surface area contributed by atoms with Crippen molar-refractivity contribution in [2.75, 3.05) is 25.5 Å². The second-order valence-electron chi connectivity index (χ2n) is 5.93. The highest BCUT2D eigenvalue weighted by molar-refractivity contribution is 6.31. The number of nitrogens with zero attached hydrogens (tertiary/aromatic N) is 3. The summed E-state index contributed by atoms with van der Waals surface area (Å²) in [5.41, 5.74) is 0.591. The van der Waals surface area contributed by atoms with Gasteiger partial charge in [-0.1, -0.05) is 11.6 Å². The minimum absolute atomic E-state index is 0.117. The summed E-state index contributed by atoms with van der Waals surface area (Å²) in [6.07, 6.45) is 5.71. The van der Waals surface area contributed by atoms with E-state index < -0.39 is 0 Å². The van der Waals surface area contributed by atoms with Gasteiger partial charge in [-0.3, -0.25) is 4.68 Å². The van der Waals surface area contributed by atoms with Crippen LogP contribution in [0.1, 0.15) is 12.8 Å². The monoisotopic (exact) mass is 348 g/mol. The molecule has 1 aromatic carbocycles. The number of urea groups is 1. The van der Waals surface area contributed by atoms with Crippen LogP contribution in [0.4, 0.5) is 10.5 Å². The first-order valence-corrected chi connectivity index (χ1v) is 8.40. The Morgan fingerprint density at radius 1 is 1.42 bits per heavy atom. The van der Waals surface area contributed by atoms with Gasteiger partial charge in [0.05, 0.1) is 12.8 Å². The van der Waals surface area contributed by atoms with Crippen molar-refractivity contribution in [2.45, 2.75) is 19.4 Å². The van der Waals surface area contributed by atoms with E-state index in [4.69, 9.17) is 16.3 Å². The summed E-state index contributed by atoms with van der Waals surface area (Å²) >= 11 is 6.00. The lowest BCUT2D eigenvalue weighted by molar-refractivity contribution is 0.175. The molecule has 0 aliphatic carbocycles. The van der Waals surface area contributed by atoms with Crippen molar-refractivity contribution in [3.63, 3.8) is 0 Å². The topological polar surface area (TPSA) is 59.4 Å². The van der Waals surface area contributed by atoms with E-state index in [1.165, 1.54) is 0 Å². The molecule has 0 bridgehead atoms. The van der Waals surface area contributed by atoms with Crippen LogP contribution in [0.15, 0.2) is 36.7 Å². The van der Waals surface area contributed by atoms with Crippen molar-refractivity contribution in [1.29, 1.82) is 0 Å². The molecule has 1 fully saturated rings. The summed E-state index contributed by atoms with van der Waals surface area (Å²) in [5.74, 6) is 1.15. The number of rotatable bonds is 4. The van der Waals surface area contributed by atoms with Gasteiger partial charge in [-0.15, -0.1) is 0 Å². The van der Waals surface area contributed by atoms with E-state index in [1.807, 2.05) is 21.8 Å². The predicted octanol–water partition coefficient (Wildman–Crippen LogP) is 3.49. The number of piperidine rings is 1. The molecule has 6 nitrogen and oxygen atoms in total. The van der Waals surface area contributed by atoms with Gasteiger partial charge in [-0.05, 0) is 43.0 Å². The molecule has 1 aromatic heterocycles. The molecule has 0 radical (unpaired) electrons. The number of halogens is 1. The lowest BCUT2D eigenvalue weighted by Crippen LogP contribution is -2.41. The van der Waals surface area contributed by atoms with Gasteiger partial charge in [-0.25, -0.2) is 4.79 Å². The SMILES string of the molecule is COc1ccc(Cl)cc1NC(=O)N1CCC(Cn2cccn2)CC1. The van der Waals surface area contributed by atoms with Crippen LogP contribution < -0.4 is 10.1 Å². The van der Waals surface area contributed by atoms with E-state index in [1.54, 1.807) is 31.5 Å². The number of likely N-dealkylation sites (tertiary alicyclic amines) is 1. The number of nitrogens with one attached hydrogen (secondary N) is 1. The second-order valence-corrected chi connectivity index (χ2v) is 6.37. The van der Waals surface area contributed by atoms with E-state index in [9.17, 15) is 4.79 Å². The Balaban J connectivity index is 1.54. The molecule has 1 N–H and O–H groups in total. The van der Waals surface area contributed by atoms with E-state index >= 15 is 0 Å². The molecule has 0 atom stereocenters. The Kier molecular flexibility index (Phi) is 5.25. The lowest BCUT2D eigenvalue weighted by Gasteiger charge is -2.32. The van der Waals surface area contributed by atoms with Crippen LogP contribution in [-0.2, 0) is 6.54 Å². The Labute approximate surface area is 146 Å². The molecule has 0 saturated carbocycles. The fraction of sp³-hybridized carbons (Fsp3) is 0.412. The standard InChI is InChI=1S/C17H21ClN4O2/c1-24-16-4-3-14(18)11-15(16)20-17(23)21-9-5-13(6-10-21)12-22-8-2-7-19-22/h2-4,7-8,11,13H,5-6,9-10,12H2,1H3,(H,20,23). The molecule has 0 unspecified atom stereocenters. The van der Waals surface area contributed by atoms with Gasteiger partial charge in [0, 0.05) is 37.1 Å². The number of anilines is 1. The zero-order chi connectivity index (χ0) is 16.9. The third kappa shape index (κ3) is 4.00. The largest absolute Gasteiger partial charge is 0.495 e. The smallest absolute Gasteiger partial charge is 0.321 e. The predicted molar refractivity (Wildman–Crippen MR) is 93.5 cm³/mol. The fourth-order valence-electron chi connectivity index (χ4n) is 2.96. The Hall–Kier alpha value is -2.21. The maximum absolute atomic E-state index is 12.5. The summed E-state index contributed by atoms with van der Waals surface area (Å²) in [4.78, 5) is 14.3. The number of ether oxygens (including phenoxy) is 1. The van der Waals surface area contributed by atoms with Crippen molar-refractivity contribution < 1.29 is 9.53 Å². The molecular weight excluding hydrogens is 328 g/mol. The average Bonchev–Trinajstić information content (AvgIpc) is 3.09. The third-order valence-corrected chi connectivity index (χ3v) is 4.54. The Morgan fingerprint density at radius 3 is 2.88 bits per heavy atom. The Bertz CT molecular complexity index is 682. The molecule has 2 aromatic rings. The average molecular weight is 349 g/mol. The molecule has 1 aliphatic heterocycles. The van der Waals surface area contributed by atoms with E-state index in [-0.39, 0.29) is 6.03 Å². The van der Waals surface area contributed by atoms with Crippen molar-refractivity contribution in [2.24, 2.45) is 5.92 Å². The highest BCUT2D eigenvalue weighted by Crippen LogP contribution is 2.28. The molecular formula is C17H21ClN4O2. The van der Waals surface area contributed by atoms with Crippen LogP contribution >= 0.6 is 11.6 Å². The van der Waals surface area contributed by atoms with Gasteiger partial charge in [0.1, 0.15) is 5.75 Å². The van der Waals surface area contributed by atoms with Gasteiger partial charge in [0.2, 0.25) is 0 Å². The van der Waals surface area contributed by atoms with Crippen LogP contribution in [0.25, 0.3) is 0 Å². The van der Waals surface area contributed by atoms with Gasteiger partial charge < -0.3 is 15.0 Å².